The number of hydrogen-bond donors (Lipinski definition) is 0. The van der Waals surface area contributed by atoms with E-state index in [9.17, 15) is 9.59 Å². The van der Waals surface area contributed by atoms with Gasteiger partial charge in [0.2, 0.25) is 0 Å². The standard InChI is InChI=1S/C19H20BrNO5/c1-21(11-13-7-4-5-9-15(13)20)17(22)12-26-19(23)14-8-6-10-16(24-2)18(14)25-3/h4-10H,11-12H2,1-3H3. The molecule has 0 atom stereocenters. The van der Waals surface area contributed by atoms with Crippen molar-refractivity contribution in [3.63, 3.8) is 0 Å². The molecule has 0 aliphatic carbocycles. The van der Waals surface area contributed by atoms with Gasteiger partial charge in [-0.25, -0.2) is 4.79 Å². The Morgan fingerprint density at radius 2 is 1.77 bits per heavy atom. The molecule has 0 saturated carbocycles. The topological polar surface area (TPSA) is 65.1 Å². The van der Waals surface area contributed by atoms with Gasteiger partial charge in [0.25, 0.3) is 5.91 Å². The molecule has 0 fully saturated rings. The van der Waals surface area contributed by atoms with Gasteiger partial charge >= 0.3 is 5.97 Å². The van der Waals surface area contributed by atoms with Crippen LogP contribution in [0.5, 0.6) is 11.5 Å². The van der Waals surface area contributed by atoms with Gasteiger partial charge < -0.3 is 19.1 Å². The van der Waals surface area contributed by atoms with E-state index in [1.54, 1.807) is 25.2 Å². The Kier molecular flexibility index (Phi) is 7.03. The number of carbonyl (C=O) groups excluding carboxylic acids is 2. The van der Waals surface area contributed by atoms with Crippen LogP contribution >= 0.6 is 15.9 Å². The van der Waals surface area contributed by atoms with Crippen LogP contribution in [0.2, 0.25) is 0 Å². The summed E-state index contributed by atoms with van der Waals surface area (Å²) in [5.74, 6) is -0.271. The van der Waals surface area contributed by atoms with Gasteiger partial charge in [-0.1, -0.05) is 40.2 Å². The number of carbonyl (C=O) groups is 2. The summed E-state index contributed by atoms with van der Waals surface area (Å²) < 4.78 is 16.4. The number of benzene rings is 2. The maximum absolute atomic E-state index is 12.3. The van der Waals surface area contributed by atoms with E-state index in [4.69, 9.17) is 14.2 Å². The molecule has 6 nitrogen and oxygen atoms in total. The van der Waals surface area contributed by atoms with Crippen LogP contribution in [0, 0.1) is 0 Å². The molecule has 0 aliphatic rings. The predicted molar refractivity (Wildman–Crippen MR) is 100 cm³/mol. The third-order valence-electron chi connectivity index (χ3n) is 3.74. The summed E-state index contributed by atoms with van der Waals surface area (Å²) in [5.41, 5.74) is 1.16. The Balaban J connectivity index is 1.99. The molecule has 138 valence electrons. The van der Waals surface area contributed by atoms with Crippen LogP contribution in [0.25, 0.3) is 0 Å². The van der Waals surface area contributed by atoms with Crippen molar-refractivity contribution in [1.29, 1.82) is 0 Å². The first-order chi connectivity index (χ1) is 12.5. The van der Waals surface area contributed by atoms with Crippen molar-refractivity contribution >= 4 is 27.8 Å². The fraction of sp³-hybridized carbons (Fsp3) is 0.263. The third-order valence-corrected chi connectivity index (χ3v) is 4.51. The summed E-state index contributed by atoms with van der Waals surface area (Å²) >= 11 is 3.45. The van der Waals surface area contributed by atoms with E-state index in [1.807, 2.05) is 24.3 Å². The number of nitrogens with zero attached hydrogens (tertiary/aromatic N) is 1. The molecule has 2 aromatic rings. The average molecular weight is 422 g/mol. The van der Waals surface area contributed by atoms with E-state index in [1.165, 1.54) is 19.1 Å². The monoisotopic (exact) mass is 421 g/mol. The zero-order valence-corrected chi connectivity index (χ0v) is 16.4. The van der Waals surface area contributed by atoms with Gasteiger partial charge in [0, 0.05) is 18.1 Å². The van der Waals surface area contributed by atoms with Crippen LogP contribution < -0.4 is 9.47 Å². The summed E-state index contributed by atoms with van der Waals surface area (Å²) in [6.45, 7) is 0.0421. The van der Waals surface area contributed by atoms with Crippen LogP contribution in [0.4, 0.5) is 0 Å². The summed E-state index contributed by atoms with van der Waals surface area (Å²) in [7, 11) is 4.57. The maximum Gasteiger partial charge on any atom is 0.342 e. The van der Waals surface area contributed by atoms with Crippen LogP contribution in [0.3, 0.4) is 0 Å². The van der Waals surface area contributed by atoms with Crippen molar-refractivity contribution in [3.05, 3.63) is 58.1 Å². The highest BCUT2D eigenvalue weighted by molar-refractivity contribution is 9.10. The summed E-state index contributed by atoms with van der Waals surface area (Å²) in [6, 6.07) is 12.5. The van der Waals surface area contributed by atoms with Crippen LogP contribution in [0.1, 0.15) is 15.9 Å². The second-order valence-corrected chi connectivity index (χ2v) is 6.31. The summed E-state index contributed by atoms with van der Waals surface area (Å²) in [6.07, 6.45) is 0. The van der Waals surface area contributed by atoms with Crippen molar-refractivity contribution in [1.82, 2.24) is 4.90 Å². The molecule has 2 aromatic carbocycles. The van der Waals surface area contributed by atoms with E-state index in [-0.39, 0.29) is 23.8 Å². The molecule has 0 N–H and O–H groups in total. The normalized spacial score (nSPS) is 10.2. The Bertz CT molecular complexity index is 793. The van der Waals surface area contributed by atoms with Gasteiger partial charge in [0.1, 0.15) is 5.56 Å². The molecule has 0 unspecified atom stereocenters. The van der Waals surface area contributed by atoms with Crippen LogP contribution in [-0.4, -0.2) is 44.7 Å². The van der Waals surface area contributed by atoms with Gasteiger partial charge in [-0.15, -0.1) is 0 Å². The third kappa shape index (κ3) is 4.76. The minimum absolute atomic E-state index is 0.202. The van der Waals surface area contributed by atoms with E-state index >= 15 is 0 Å². The second kappa shape index (κ2) is 9.24. The minimum Gasteiger partial charge on any atom is -0.493 e. The Morgan fingerprint density at radius 3 is 2.42 bits per heavy atom. The Morgan fingerprint density at radius 1 is 1.04 bits per heavy atom. The molecule has 0 bridgehead atoms. The number of likely N-dealkylation sites (N-methyl/N-ethyl adjacent to an activating group) is 1. The number of rotatable bonds is 7. The zero-order valence-electron chi connectivity index (χ0n) is 14.8. The van der Waals surface area contributed by atoms with Crippen molar-refractivity contribution < 1.29 is 23.8 Å². The molecule has 0 aromatic heterocycles. The summed E-state index contributed by atoms with van der Waals surface area (Å²) in [4.78, 5) is 26.0. The number of ether oxygens (including phenoxy) is 3. The number of para-hydroxylation sites is 1. The maximum atomic E-state index is 12.3. The molecule has 2 rings (SSSR count). The number of methoxy groups -OCH3 is 2. The van der Waals surface area contributed by atoms with E-state index in [2.05, 4.69) is 15.9 Å². The summed E-state index contributed by atoms with van der Waals surface area (Å²) in [5, 5.41) is 0. The van der Waals surface area contributed by atoms with Gasteiger partial charge in [-0.05, 0) is 23.8 Å². The highest BCUT2D eigenvalue weighted by Crippen LogP contribution is 2.31. The zero-order chi connectivity index (χ0) is 19.1. The van der Waals surface area contributed by atoms with E-state index in [0.29, 0.717) is 12.3 Å². The van der Waals surface area contributed by atoms with Gasteiger partial charge in [0.05, 0.1) is 14.2 Å². The molecular formula is C19H20BrNO5. The molecule has 7 heteroatoms. The lowest BCUT2D eigenvalue weighted by atomic mass is 10.2. The van der Waals surface area contributed by atoms with Crippen LogP contribution in [0.15, 0.2) is 46.9 Å². The Hall–Kier alpha value is -2.54. The smallest absolute Gasteiger partial charge is 0.342 e. The SMILES string of the molecule is COc1cccc(C(=O)OCC(=O)N(C)Cc2ccccc2Br)c1OC. The lowest BCUT2D eigenvalue weighted by Gasteiger charge is -2.18. The fourth-order valence-electron chi connectivity index (χ4n) is 2.33. The molecule has 0 spiro atoms. The molecular weight excluding hydrogens is 402 g/mol. The van der Waals surface area contributed by atoms with Crippen molar-refractivity contribution in [3.8, 4) is 11.5 Å². The minimum atomic E-state index is -0.650. The number of amides is 1. The molecule has 1 amide bonds. The number of halogens is 1. The van der Waals surface area contributed by atoms with E-state index in [0.717, 1.165) is 10.0 Å². The van der Waals surface area contributed by atoms with Crippen LogP contribution in [-0.2, 0) is 16.1 Å². The molecule has 0 radical (unpaired) electrons. The molecule has 0 saturated heterocycles. The number of hydrogen-bond acceptors (Lipinski definition) is 5. The highest BCUT2D eigenvalue weighted by Gasteiger charge is 2.20. The fourth-order valence-corrected chi connectivity index (χ4v) is 2.74. The molecule has 0 heterocycles. The van der Waals surface area contributed by atoms with Crippen molar-refractivity contribution in [2.24, 2.45) is 0 Å². The Labute approximate surface area is 160 Å². The number of esters is 1. The lowest BCUT2D eigenvalue weighted by molar-refractivity contribution is -0.133. The first-order valence-corrected chi connectivity index (χ1v) is 8.62. The van der Waals surface area contributed by atoms with Crippen molar-refractivity contribution in [2.75, 3.05) is 27.9 Å². The van der Waals surface area contributed by atoms with E-state index < -0.39 is 5.97 Å². The predicted octanol–water partition coefficient (Wildman–Crippen LogP) is 3.28. The van der Waals surface area contributed by atoms with Gasteiger partial charge in [0.15, 0.2) is 18.1 Å². The first kappa shape index (κ1) is 19.8. The lowest BCUT2D eigenvalue weighted by Crippen LogP contribution is -2.31. The molecule has 26 heavy (non-hydrogen) atoms. The highest BCUT2D eigenvalue weighted by atomic mass is 79.9. The second-order valence-electron chi connectivity index (χ2n) is 5.46. The largest absolute Gasteiger partial charge is 0.493 e. The van der Waals surface area contributed by atoms with Gasteiger partial charge in [-0.3, -0.25) is 4.79 Å². The average Bonchev–Trinajstić information content (AvgIpc) is 2.66. The quantitative estimate of drug-likeness (QED) is 0.641. The van der Waals surface area contributed by atoms with Gasteiger partial charge in [-0.2, -0.15) is 0 Å². The first-order valence-electron chi connectivity index (χ1n) is 7.83. The molecule has 0 aliphatic heterocycles. The van der Waals surface area contributed by atoms with Crippen molar-refractivity contribution in [2.45, 2.75) is 6.54 Å².